The van der Waals surface area contributed by atoms with Crippen LogP contribution in [0.2, 0.25) is 0 Å². The molecule has 1 nitrogen and oxygen atoms in total. The van der Waals surface area contributed by atoms with Gasteiger partial charge >= 0.3 is 0 Å². The minimum atomic E-state index is 0.551. The summed E-state index contributed by atoms with van der Waals surface area (Å²) >= 11 is 3.54. The number of hydrogen-bond donors (Lipinski definition) is 0. The van der Waals surface area contributed by atoms with Gasteiger partial charge in [-0.05, 0) is 32.1 Å². The van der Waals surface area contributed by atoms with Crippen molar-refractivity contribution >= 4 is 15.9 Å². The predicted molar refractivity (Wildman–Crippen MR) is 49.1 cm³/mol. The monoisotopic (exact) mass is 218 g/mol. The molecule has 64 valence electrons. The van der Waals surface area contributed by atoms with Crippen LogP contribution in [0.3, 0.4) is 0 Å². The SMILES string of the molecule is BrCC1(COC2CCC2)CC1. The molecule has 2 aliphatic carbocycles. The van der Waals surface area contributed by atoms with Gasteiger partial charge in [-0.3, -0.25) is 0 Å². The van der Waals surface area contributed by atoms with Crippen LogP contribution in [0.4, 0.5) is 0 Å². The van der Waals surface area contributed by atoms with Crippen molar-refractivity contribution in [1.82, 2.24) is 0 Å². The molecule has 0 aliphatic heterocycles. The van der Waals surface area contributed by atoms with Crippen LogP contribution in [0, 0.1) is 5.41 Å². The first-order valence-corrected chi connectivity index (χ1v) is 5.64. The predicted octanol–water partition coefficient (Wildman–Crippen LogP) is 2.73. The van der Waals surface area contributed by atoms with Gasteiger partial charge in [0.25, 0.3) is 0 Å². The maximum Gasteiger partial charge on any atom is 0.0575 e. The molecule has 11 heavy (non-hydrogen) atoms. The van der Waals surface area contributed by atoms with Crippen molar-refractivity contribution in [2.24, 2.45) is 5.41 Å². The summed E-state index contributed by atoms with van der Waals surface area (Å²) in [6.45, 7) is 1.00. The average molecular weight is 219 g/mol. The summed E-state index contributed by atoms with van der Waals surface area (Å²) in [6, 6.07) is 0. The molecular weight excluding hydrogens is 204 g/mol. The average Bonchev–Trinajstić information content (AvgIpc) is 2.66. The van der Waals surface area contributed by atoms with Crippen molar-refractivity contribution in [2.45, 2.75) is 38.2 Å². The summed E-state index contributed by atoms with van der Waals surface area (Å²) in [5.41, 5.74) is 0.551. The maximum absolute atomic E-state index is 5.77. The minimum absolute atomic E-state index is 0.551. The number of alkyl halides is 1. The van der Waals surface area contributed by atoms with Gasteiger partial charge in [0, 0.05) is 10.7 Å². The van der Waals surface area contributed by atoms with Crippen molar-refractivity contribution in [3.8, 4) is 0 Å². The van der Waals surface area contributed by atoms with Crippen LogP contribution < -0.4 is 0 Å². The molecule has 0 radical (unpaired) electrons. The molecule has 0 saturated heterocycles. The van der Waals surface area contributed by atoms with Crippen molar-refractivity contribution in [1.29, 1.82) is 0 Å². The van der Waals surface area contributed by atoms with Crippen molar-refractivity contribution in [3.05, 3.63) is 0 Å². The number of ether oxygens (including phenoxy) is 1. The zero-order chi connectivity index (χ0) is 7.73. The molecular formula is C9H15BrO. The van der Waals surface area contributed by atoms with Gasteiger partial charge in [-0.1, -0.05) is 15.9 Å². The second-order valence-corrected chi connectivity index (χ2v) is 4.56. The second-order valence-electron chi connectivity index (χ2n) is 4.00. The summed E-state index contributed by atoms with van der Waals surface area (Å²) in [4.78, 5) is 0. The quantitative estimate of drug-likeness (QED) is 0.660. The van der Waals surface area contributed by atoms with E-state index in [0.29, 0.717) is 11.5 Å². The van der Waals surface area contributed by atoms with E-state index >= 15 is 0 Å². The van der Waals surface area contributed by atoms with Gasteiger partial charge in [0.15, 0.2) is 0 Å². The molecule has 0 amide bonds. The Morgan fingerprint density at radius 3 is 2.45 bits per heavy atom. The van der Waals surface area contributed by atoms with Crippen LogP contribution in [0.1, 0.15) is 32.1 Å². The highest BCUT2D eigenvalue weighted by molar-refractivity contribution is 9.09. The van der Waals surface area contributed by atoms with E-state index in [0.717, 1.165) is 11.9 Å². The molecule has 0 aromatic heterocycles. The van der Waals surface area contributed by atoms with E-state index in [4.69, 9.17) is 4.74 Å². The Hall–Kier alpha value is 0.440. The summed E-state index contributed by atoms with van der Waals surface area (Å²) in [7, 11) is 0. The van der Waals surface area contributed by atoms with Crippen molar-refractivity contribution < 1.29 is 4.74 Å². The van der Waals surface area contributed by atoms with Crippen LogP contribution in [0.25, 0.3) is 0 Å². The molecule has 0 spiro atoms. The van der Waals surface area contributed by atoms with Crippen LogP contribution >= 0.6 is 15.9 Å². The van der Waals surface area contributed by atoms with Crippen LogP contribution in [-0.4, -0.2) is 18.0 Å². The van der Waals surface area contributed by atoms with Crippen molar-refractivity contribution in [3.63, 3.8) is 0 Å². The topological polar surface area (TPSA) is 9.23 Å². The number of hydrogen-bond acceptors (Lipinski definition) is 1. The second kappa shape index (κ2) is 3.06. The van der Waals surface area contributed by atoms with E-state index in [1.54, 1.807) is 0 Å². The molecule has 2 saturated carbocycles. The van der Waals surface area contributed by atoms with Crippen LogP contribution in [-0.2, 0) is 4.74 Å². The molecule has 0 bridgehead atoms. The third-order valence-electron chi connectivity index (χ3n) is 2.92. The highest BCUT2D eigenvalue weighted by atomic mass is 79.9. The Bertz CT molecular complexity index is 138. The van der Waals surface area contributed by atoms with Crippen molar-refractivity contribution in [2.75, 3.05) is 11.9 Å². The third-order valence-corrected chi connectivity index (χ3v) is 4.11. The molecule has 2 aliphatic rings. The van der Waals surface area contributed by atoms with Gasteiger partial charge in [0.2, 0.25) is 0 Å². The fourth-order valence-corrected chi connectivity index (χ4v) is 2.05. The standard InChI is InChI=1S/C9H15BrO/c10-6-9(4-5-9)7-11-8-2-1-3-8/h8H,1-7H2. The third kappa shape index (κ3) is 1.78. The lowest BCUT2D eigenvalue weighted by molar-refractivity contribution is -0.0170. The summed E-state index contributed by atoms with van der Waals surface area (Å²) < 4.78 is 5.77. The highest BCUT2D eigenvalue weighted by Crippen LogP contribution is 2.47. The van der Waals surface area contributed by atoms with Crippen LogP contribution in [0.5, 0.6) is 0 Å². The zero-order valence-corrected chi connectivity index (χ0v) is 8.40. The number of rotatable bonds is 4. The molecule has 0 atom stereocenters. The van der Waals surface area contributed by atoms with E-state index in [1.807, 2.05) is 0 Å². The summed E-state index contributed by atoms with van der Waals surface area (Å²) in [5, 5.41) is 1.13. The first kappa shape index (κ1) is 8.06. The first-order valence-electron chi connectivity index (χ1n) is 4.52. The minimum Gasteiger partial charge on any atom is -0.378 e. The summed E-state index contributed by atoms with van der Waals surface area (Å²) in [5.74, 6) is 0. The highest BCUT2D eigenvalue weighted by Gasteiger charge is 2.42. The normalized spacial score (nSPS) is 28.1. The maximum atomic E-state index is 5.77. The number of halogens is 1. The first-order chi connectivity index (χ1) is 5.35. The fourth-order valence-electron chi connectivity index (χ4n) is 1.33. The molecule has 2 heteroatoms. The molecule has 2 rings (SSSR count). The van der Waals surface area contributed by atoms with Gasteiger partial charge in [0.05, 0.1) is 12.7 Å². The Kier molecular flexibility index (Phi) is 2.24. The molecule has 0 N–H and O–H groups in total. The lowest BCUT2D eigenvalue weighted by Crippen LogP contribution is -2.25. The van der Waals surface area contributed by atoms with Gasteiger partial charge < -0.3 is 4.74 Å². The largest absolute Gasteiger partial charge is 0.378 e. The molecule has 0 heterocycles. The molecule has 2 fully saturated rings. The Morgan fingerprint density at radius 2 is 2.09 bits per heavy atom. The lowest BCUT2D eigenvalue weighted by atomic mass is 9.96. The van der Waals surface area contributed by atoms with E-state index in [9.17, 15) is 0 Å². The van der Waals surface area contributed by atoms with E-state index in [2.05, 4.69) is 15.9 Å². The molecule has 0 unspecified atom stereocenters. The Morgan fingerprint density at radius 1 is 1.36 bits per heavy atom. The van der Waals surface area contributed by atoms with Gasteiger partial charge in [-0.15, -0.1) is 0 Å². The molecule has 0 aromatic rings. The van der Waals surface area contributed by atoms with E-state index < -0.39 is 0 Å². The van der Waals surface area contributed by atoms with Gasteiger partial charge in [0.1, 0.15) is 0 Å². The Labute approximate surface area is 76.6 Å². The lowest BCUT2D eigenvalue weighted by Gasteiger charge is -2.27. The fraction of sp³-hybridized carbons (Fsp3) is 1.00. The van der Waals surface area contributed by atoms with Gasteiger partial charge in [-0.2, -0.15) is 0 Å². The Balaban J connectivity index is 1.65. The van der Waals surface area contributed by atoms with E-state index in [-0.39, 0.29) is 0 Å². The smallest absolute Gasteiger partial charge is 0.0575 e. The zero-order valence-electron chi connectivity index (χ0n) is 6.81. The summed E-state index contributed by atoms with van der Waals surface area (Å²) in [6.07, 6.45) is 7.34. The van der Waals surface area contributed by atoms with E-state index in [1.165, 1.54) is 32.1 Å². The van der Waals surface area contributed by atoms with Crippen LogP contribution in [0.15, 0.2) is 0 Å². The van der Waals surface area contributed by atoms with Gasteiger partial charge in [-0.25, -0.2) is 0 Å². The molecule has 0 aromatic carbocycles.